The summed E-state index contributed by atoms with van der Waals surface area (Å²) in [7, 11) is 0. The van der Waals surface area contributed by atoms with Crippen molar-refractivity contribution < 1.29 is 0 Å². The molecular weight excluding hydrogens is 228 g/mol. The van der Waals surface area contributed by atoms with Crippen molar-refractivity contribution in [2.45, 2.75) is 0 Å². The lowest BCUT2D eigenvalue weighted by molar-refractivity contribution is 1.29. The van der Waals surface area contributed by atoms with Crippen molar-refractivity contribution in [2.75, 3.05) is 0 Å². The van der Waals surface area contributed by atoms with Gasteiger partial charge in [-0.1, -0.05) is 0 Å². The van der Waals surface area contributed by atoms with E-state index in [1.807, 2.05) is 24.4 Å². The fraction of sp³-hybridized carbons (Fsp3) is 0. The maximum absolute atomic E-state index is 4.09. The predicted octanol–water partition coefficient (Wildman–Crippen LogP) is 2.91. The van der Waals surface area contributed by atoms with Gasteiger partial charge >= 0.3 is 0 Å². The van der Waals surface area contributed by atoms with Crippen LogP contribution in [-0.2, 0) is 0 Å². The summed E-state index contributed by atoms with van der Waals surface area (Å²) in [5, 5.41) is 0. The second-order valence-corrected chi connectivity index (χ2v) is 3.54. The number of aromatic nitrogens is 2. The summed E-state index contributed by atoms with van der Waals surface area (Å²) in [5.74, 6) is 0. The number of pyridine rings is 2. The molecule has 0 fully saturated rings. The molecule has 2 aromatic rings. The quantitative estimate of drug-likeness (QED) is 0.759. The standard InChI is InChI=1S/C10H7BrN2/c11-10-5-9(6-13-7-10)8-1-3-12-4-2-8/h1-7H. The van der Waals surface area contributed by atoms with E-state index in [0.29, 0.717) is 0 Å². The van der Waals surface area contributed by atoms with Gasteiger partial charge < -0.3 is 0 Å². The molecule has 0 unspecified atom stereocenters. The lowest BCUT2D eigenvalue weighted by atomic mass is 10.1. The van der Waals surface area contributed by atoms with E-state index in [1.54, 1.807) is 18.6 Å². The smallest absolute Gasteiger partial charge is 0.0410 e. The zero-order valence-electron chi connectivity index (χ0n) is 6.81. The third-order valence-corrected chi connectivity index (χ3v) is 2.15. The molecule has 0 saturated heterocycles. The fourth-order valence-corrected chi connectivity index (χ4v) is 1.48. The number of halogens is 1. The Morgan fingerprint density at radius 2 is 1.69 bits per heavy atom. The van der Waals surface area contributed by atoms with Gasteiger partial charge in [0.2, 0.25) is 0 Å². The zero-order chi connectivity index (χ0) is 9.10. The van der Waals surface area contributed by atoms with Gasteiger partial charge in [-0.3, -0.25) is 9.97 Å². The summed E-state index contributed by atoms with van der Waals surface area (Å²) >= 11 is 3.38. The Bertz CT molecular complexity index is 401. The van der Waals surface area contributed by atoms with Crippen molar-refractivity contribution in [1.29, 1.82) is 0 Å². The lowest BCUT2D eigenvalue weighted by Gasteiger charge is -1.99. The van der Waals surface area contributed by atoms with Crippen LogP contribution in [0.1, 0.15) is 0 Å². The predicted molar refractivity (Wildman–Crippen MR) is 55.2 cm³/mol. The Kier molecular flexibility index (Phi) is 2.36. The van der Waals surface area contributed by atoms with Crippen LogP contribution in [0.25, 0.3) is 11.1 Å². The Hall–Kier alpha value is -1.22. The van der Waals surface area contributed by atoms with Crippen LogP contribution in [0.15, 0.2) is 47.5 Å². The molecule has 0 saturated carbocycles. The molecule has 0 spiro atoms. The number of hydrogen-bond donors (Lipinski definition) is 0. The van der Waals surface area contributed by atoms with E-state index in [1.165, 1.54) is 0 Å². The normalized spacial score (nSPS) is 9.92. The molecule has 0 aliphatic heterocycles. The monoisotopic (exact) mass is 234 g/mol. The van der Waals surface area contributed by atoms with Gasteiger partial charge in [-0.2, -0.15) is 0 Å². The van der Waals surface area contributed by atoms with Crippen LogP contribution in [0.3, 0.4) is 0 Å². The van der Waals surface area contributed by atoms with E-state index >= 15 is 0 Å². The molecule has 0 radical (unpaired) electrons. The SMILES string of the molecule is Brc1cncc(-c2ccncc2)c1. The molecule has 0 amide bonds. The first-order valence-corrected chi connectivity index (χ1v) is 4.66. The summed E-state index contributed by atoms with van der Waals surface area (Å²) in [6, 6.07) is 5.95. The molecule has 0 aliphatic carbocycles. The molecule has 2 rings (SSSR count). The summed E-state index contributed by atoms with van der Waals surface area (Å²) in [5.41, 5.74) is 2.22. The molecule has 2 nitrogen and oxygen atoms in total. The topological polar surface area (TPSA) is 25.8 Å². The third-order valence-electron chi connectivity index (χ3n) is 1.72. The van der Waals surface area contributed by atoms with E-state index in [-0.39, 0.29) is 0 Å². The maximum Gasteiger partial charge on any atom is 0.0410 e. The van der Waals surface area contributed by atoms with Gasteiger partial charge in [-0.25, -0.2) is 0 Å². The van der Waals surface area contributed by atoms with Crippen LogP contribution in [0.2, 0.25) is 0 Å². The number of rotatable bonds is 1. The third kappa shape index (κ3) is 1.92. The minimum atomic E-state index is 0.988. The van der Waals surface area contributed by atoms with Crippen LogP contribution < -0.4 is 0 Å². The molecule has 0 N–H and O–H groups in total. The largest absolute Gasteiger partial charge is 0.265 e. The van der Waals surface area contributed by atoms with Crippen molar-refractivity contribution in [3.8, 4) is 11.1 Å². The average molecular weight is 235 g/mol. The van der Waals surface area contributed by atoms with E-state index in [2.05, 4.69) is 25.9 Å². The van der Waals surface area contributed by atoms with Crippen molar-refractivity contribution >= 4 is 15.9 Å². The Morgan fingerprint density at radius 1 is 0.923 bits per heavy atom. The van der Waals surface area contributed by atoms with Crippen LogP contribution in [-0.4, -0.2) is 9.97 Å². The van der Waals surface area contributed by atoms with Gasteiger partial charge in [0.1, 0.15) is 0 Å². The Morgan fingerprint density at radius 3 is 2.38 bits per heavy atom. The van der Waals surface area contributed by atoms with Gasteiger partial charge in [-0.15, -0.1) is 0 Å². The van der Waals surface area contributed by atoms with E-state index in [4.69, 9.17) is 0 Å². The molecule has 2 aromatic heterocycles. The summed E-state index contributed by atoms with van der Waals surface area (Å²) in [4.78, 5) is 8.05. The fourth-order valence-electron chi connectivity index (χ4n) is 1.11. The van der Waals surface area contributed by atoms with Crippen molar-refractivity contribution in [2.24, 2.45) is 0 Å². The maximum atomic E-state index is 4.09. The molecule has 64 valence electrons. The second-order valence-electron chi connectivity index (χ2n) is 2.63. The van der Waals surface area contributed by atoms with Crippen molar-refractivity contribution in [1.82, 2.24) is 9.97 Å². The molecule has 2 heterocycles. The van der Waals surface area contributed by atoms with Gasteiger partial charge in [-0.05, 0) is 39.7 Å². The minimum Gasteiger partial charge on any atom is -0.265 e. The van der Waals surface area contributed by atoms with E-state index in [0.717, 1.165) is 15.6 Å². The molecule has 0 bridgehead atoms. The molecule has 0 atom stereocenters. The highest BCUT2D eigenvalue weighted by Gasteiger charge is 1.96. The van der Waals surface area contributed by atoms with Gasteiger partial charge in [0, 0.05) is 34.8 Å². The first-order chi connectivity index (χ1) is 6.36. The molecular formula is C10H7BrN2. The second kappa shape index (κ2) is 3.66. The van der Waals surface area contributed by atoms with Gasteiger partial charge in [0.05, 0.1) is 0 Å². The first kappa shape index (κ1) is 8.38. The van der Waals surface area contributed by atoms with Crippen LogP contribution in [0.5, 0.6) is 0 Å². The molecule has 0 aliphatic rings. The van der Waals surface area contributed by atoms with E-state index in [9.17, 15) is 0 Å². The molecule has 3 heteroatoms. The minimum absolute atomic E-state index is 0.988. The first-order valence-electron chi connectivity index (χ1n) is 3.87. The van der Waals surface area contributed by atoms with Crippen LogP contribution >= 0.6 is 15.9 Å². The van der Waals surface area contributed by atoms with Crippen LogP contribution in [0.4, 0.5) is 0 Å². The Labute approximate surface area is 84.8 Å². The Balaban J connectivity index is 2.48. The van der Waals surface area contributed by atoms with Gasteiger partial charge in [0.15, 0.2) is 0 Å². The summed E-state index contributed by atoms with van der Waals surface area (Å²) in [6.45, 7) is 0. The highest BCUT2D eigenvalue weighted by atomic mass is 79.9. The number of nitrogens with zero attached hydrogens (tertiary/aromatic N) is 2. The number of hydrogen-bond acceptors (Lipinski definition) is 2. The van der Waals surface area contributed by atoms with Crippen LogP contribution in [0, 0.1) is 0 Å². The summed E-state index contributed by atoms with van der Waals surface area (Å²) < 4.78 is 0.988. The summed E-state index contributed by atoms with van der Waals surface area (Å²) in [6.07, 6.45) is 7.15. The molecule has 0 aromatic carbocycles. The zero-order valence-corrected chi connectivity index (χ0v) is 8.40. The van der Waals surface area contributed by atoms with E-state index < -0.39 is 0 Å². The highest BCUT2D eigenvalue weighted by molar-refractivity contribution is 9.10. The van der Waals surface area contributed by atoms with Gasteiger partial charge in [0.25, 0.3) is 0 Å². The van der Waals surface area contributed by atoms with Crippen molar-refractivity contribution in [3.63, 3.8) is 0 Å². The lowest BCUT2D eigenvalue weighted by Crippen LogP contribution is -1.80. The highest BCUT2D eigenvalue weighted by Crippen LogP contribution is 2.20. The average Bonchev–Trinajstić information content (AvgIpc) is 2.19. The van der Waals surface area contributed by atoms with Crippen molar-refractivity contribution in [3.05, 3.63) is 47.5 Å². The molecule has 13 heavy (non-hydrogen) atoms.